The minimum absolute atomic E-state index is 0.122. The molecule has 0 spiro atoms. The summed E-state index contributed by atoms with van der Waals surface area (Å²) in [5.74, 6) is 0. The summed E-state index contributed by atoms with van der Waals surface area (Å²) in [6.45, 7) is 7.57. The lowest BCUT2D eigenvalue weighted by Gasteiger charge is -2.02. The largest absolute Gasteiger partial charge is 0.324 e. The first-order valence-electron chi connectivity index (χ1n) is 3.50. The molecule has 1 atom stereocenters. The van der Waals surface area contributed by atoms with Gasteiger partial charge in [-0.15, -0.1) is 0 Å². The SMILES string of the molecule is C=C/C(Br)=C\C=C(/C)C(C)N. The highest BCUT2D eigenvalue weighted by Crippen LogP contribution is 2.07. The van der Waals surface area contributed by atoms with Gasteiger partial charge in [0.25, 0.3) is 0 Å². The molecule has 0 rings (SSSR count). The van der Waals surface area contributed by atoms with Crippen LogP contribution in [0, 0.1) is 0 Å². The first kappa shape index (κ1) is 10.7. The van der Waals surface area contributed by atoms with Crippen LogP contribution >= 0.6 is 15.9 Å². The minimum Gasteiger partial charge on any atom is -0.324 e. The summed E-state index contributed by atoms with van der Waals surface area (Å²) in [6.07, 6.45) is 5.66. The van der Waals surface area contributed by atoms with Crippen LogP contribution in [0.4, 0.5) is 0 Å². The molecule has 1 unspecified atom stereocenters. The number of rotatable bonds is 3. The van der Waals surface area contributed by atoms with E-state index >= 15 is 0 Å². The number of hydrogen-bond acceptors (Lipinski definition) is 1. The molecule has 0 saturated heterocycles. The molecule has 11 heavy (non-hydrogen) atoms. The highest BCUT2D eigenvalue weighted by atomic mass is 79.9. The summed E-state index contributed by atoms with van der Waals surface area (Å²) in [6, 6.07) is 0.122. The lowest BCUT2D eigenvalue weighted by atomic mass is 10.1. The summed E-state index contributed by atoms with van der Waals surface area (Å²) in [5.41, 5.74) is 6.78. The molecule has 0 amide bonds. The molecule has 2 heteroatoms. The number of nitrogens with two attached hydrogens (primary N) is 1. The van der Waals surface area contributed by atoms with Gasteiger partial charge >= 0.3 is 0 Å². The van der Waals surface area contributed by atoms with E-state index in [9.17, 15) is 0 Å². The van der Waals surface area contributed by atoms with Crippen LogP contribution in [0.1, 0.15) is 13.8 Å². The highest BCUT2D eigenvalue weighted by molar-refractivity contribution is 9.11. The number of allylic oxidation sites excluding steroid dienone is 4. The number of hydrogen-bond donors (Lipinski definition) is 1. The monoisotopic (exact) mass is 215 g/mol. The fraction of sp³-hybridized carbons (Fsp3) is 0.333. The number of halogens is 1. The van der Waals surface area contributed by atoms with Crippen LogP contribution in [0.15, 0.2) is 34.9 Å². The van der Waals surface area contributed by atoms with Gasteiger partial charge in [-0.05, 0) is 19.9 Å². The Labute approximate surface area is 76.8 Å². The van der Waals surface area contributed by atoms with Crippen LogP contribution in [-0.2, 0) is 0 Å². The van der Waals surface area contributed by atoms with Gasteiger partial charge in [0.15, 0.2) is 0 Å². The summed E-state index contributed by atoms with van der Waals surface area (Å²) < 4.78 is 0.970. The Balaban J connectivity index is 4.22. The molecule has 0 aromatic heterocycles. The molecule has 0 bridgehead atoms. The smallest absolute Gasteiger partial charge is 0.0225 e. The lowest BCUT2D eigenvalue weighted by molar-refractivity contribution is 0.861. The van der Waals surface area contributed by atoms with Crippen LogP contribution in [0.3, 0.4) is 0 Å². The minimum atomic E-state index is 0.122. The van der Waals surface area contributed by atoms with E-state index < -0.39 is 0 Å². The average Bonchev–Trinajstić information content (AvgIpc) is 1.99. The molecular formula is C9H14BrN. The van der Waals surface area contributed by atoms with E-state index in [4.69, 9.17) is 5.73 Å². The third-order valence-corrected chi connectivity index (χ3v) is 2.01. The standard InChI is InChI=1S/C9H14BrN/c1-4-9(10)6-5-7(2)8(3)11/h4-6,8H,1,11H2,2-3H3/b7-5+,9-6+. The zero-order valence-corrected chi connectivity index (χ0v) is 8.56. The fourth-order valence-corrected chi connectivity index (χ4v) is 0.563. The predicted molar refractivity (Wildman–Crippen MR) is 54.6 cm³/mol. The van der Waals surface area contributed by atoms with E-state index in [1.54, 1.807) is 6.08 Å². The summed E-state index contributed by atoms with van der Waals surface area (Å²) >= 11 is 3.31. The van der Waals surface area contributed by atoms with E-state index in [0.717, 1.165) is 10.1 Å². The van der Waals surface area contributed by atoms with Crippen LogP contribution in [-0.4, -0.2) is 6.04 Å². The quantitative estimate of drug-likeness (QED) is 0.721. The third kappa shape index (κ3) is 4.99. The maximum absolute atomic E-state index is 5.62. The Morgan fingerprint density at radius 2 is 2.09 bits per heavy atom. The molecular weight excluding hydrogens is 202 g/mol. The molecule has 0 fully saturated rings. The second-order valence-corrected chi connectivity index (χ2v) is 3.37. The molecule has 0 aliphatic heterocycles. The summed E-state index contributed by atoms with van der Waals surface area (Å²) in [7, 11) is 0. The van der Waals surface area contributed by atoms with E-state index in [2.05, 4.69) is 22.5 Å². The Morgan fingerprint density at radius 1 is 1.55 bits per heavy atom. The molecule has 0 aliphatic rings. The third-order valence-electron chi connectivity index (χ3n) is 1.42. The van der Waals surface area contributed by atoms with Gasteiger partial charge in [-0.2, -0.15) is 0 Å². The molecule has 0 aromatic carbocycles. The van der Waals surface area contributed by atoms with Crippen molar-refractivity contribution >= 4 is 15.9 Å². The highest BCUT2D eigenvalue weighted by Gasteiger charge is 1.92. The second-order valence-electron chi connectivity index (χ2n) is 2.46. The second kappa shape index (κ2) is 5.33. The Bertz CT molecular complexity index is 190. The van der Waals surface area contributed by atoms with Gasteiger partial charge in [0, 0.05) is 10.5 Å². The molecule has 0 aliphatic carbocycles. The maximum atomic E-state index is 5.62. The van der Waals surface area contributed by atoms with Gasteiger partial charge in [0.05, 0.1) is 0 Å². The van der Waals surface area contributed by atoms with E-state index in [-0.39, 0.29) is 6.04 Å². The van der Waals surface area contributed by atoms with E-state index in [0.29, 0.717) is 0 Å². The van der Waals surface area contributed by atoms with Gasteiger partial charge in [-0.1, -0.05) is 40.2 Å². The Morgan fingerprint density at radius 3 is 2.45 bits per heavy atom. The molecule has 0 radical (unpaired) electrons. The fourth-order valence-electron chi connectivity index (χ4n) is 0.431. The van der Waals surface area contributed by atoms with Crippen molar-refractivity contribution < 1.29 is 0 Å². The molecule has 1 nitrogen and oxygen atoms in total. The van der Waals surface area contributed by atoms with Gasteiger partial charge in [-0.25, -0.2) is 0 Å². The van der Waals surface area contributed by atoms with Crippen LogP contribution < -0.4 is 5.73 Å². The zero-order valence-electron chi connectivity index (χ0n) is 6.97. The van der Waals surface area contributed by atoms with Crippen molar-refractivity contribution in [3.05, 3.63) is 34.9 Å². The van der Waals surface area contributed by atoms with Gasteiger partial charge in [0.1, 0.15) is 0 Å². The van der Waals surface area contributed by atoms with Gasteiger partial charge in [-0.3, -0.25) is 0 Å². The van der Waals surface area contributed by atoms with Crippen LogP contribution in [0.2, 0.25) is 0 Å². The molecule has 0 saturated carbocycles. The molecule has 0 heterocycles. The summed E-state index contributed by atoms with van der Waals surface area (Å²) in [4.78, 5) is 0. The van der Waals surface area contributed by atoms with Crippen molar-refractivity contribution in [2.75, 3.05) is 0 Å². The van der Waals surface area contributed by atoms with Crippen molar-refractivity contribution in [3.8, 4) is 0 Å². The van der Waals surface area contributed by atoms with Crippen molar-refractivity contribution in [2.45, 2.75) is 19.9 Å². The van der Waals surface area contributed by atoms with E-state index in [1.165, 1.54) is 0 Å². The Kier molecular flexibility index (Phi) is 5.16. The van der Waals surface area contributed by atoms with E-state index in [1.807, 2.05) is 26.0 Å². The van der Waals surface area contributed by atoms with Crippen molar-refractivity contribution in [3.63, 3.8) is 0 Å². The van der Waals surface area contributed by atoms with Crippen LogP contribution in [0.5, 0.6) is 0 Å². The average molecular weight is 216 g/mol. The first-order valence-corrected chi connectivity index (χ1v) is 4.29. The van der Waals surface area contributed by atoms with Crippen molar-refractivity contribution in [2.24, 2.45) is 5.73 Å². The summed E-state index contributed by atoms with van der Waals surface area (Å²) in [5, 5.41) is 0. The topological polar surface area (TPSA) is 26.0 Å². The normalized spacial score (nSPS) is 16.4. The molecule has 62 valence electrons. The predicted octanol–water partition coefficient (Wildman–Crippen LogP) is 2.74. The van der Waals surface area contributed by atoms with Gasteiger partial charge < -0.3 is 5.73 Å². The Hall–Kier alpha value is -0.340. The van der Waals surface area contributed by atoms with Crippen LogP contribution in [0.25, 0.3) is 0 Å². The lowest BCUT2D eigenvalue weighted by Crippen LogP contribution is -2.15. The maximum Gasteiger partial charge on any atom is 0.0225 e. The van der Waals surface area contributed by atoms with Crippen molar-refractivity contribution in [1.29, 1.82) is 0 Å². The molecule has 0 aromatic rings. The van der Waals surface area contributed by atoms with Crippen molar-refractivity contribution in [1.82, 2.24) is 0 Å². The first-order chi connectivity index (χ1) is 5.07. The molecule has 2 N–H and O–H groups in total. The zero-order chi connectivity index (χ0) is 8.85. The van der Waals surface area contributed by atoms with Gasteiger partial charge in [0.2, 0.25) is 0 Å².